The van der Waals surface area contributed by atoms with Gasteiger partial charge in [-0.15, -0.1) is 6.58 Å². The molecule has 2 nitrogen and oxygen atoms in total. The van der Waals surface area contributed by atoms with Gasteiger partial charge in [0.1, 0.15) is 5.75 Å². The minimum Gasteiger partial charge on any atom is -0.493 e. The van der Waals surface area contributed by atoms with Crippen LogP contribution in [0.2, 0.25) is 0 Å². The number of aliphatic hydroxyl groups excluding tert-OH is 1. The summed E-state index contributed by atoms with van der Waals surface area (Å²) in [4.78, 5) is 0. The molecule has 16 heavy (non-hydrogen) atoms. The fraction of sp³-hybridized carbons (Fsp3) is 0.429. The van der Waals surface area contributed by atoms with Crippen molar-refractivity contribution in [3.63, 3.8) is 0 Å². The second-order valence-corrected chi connectivity index (χ2v) is 4.27. The van der Waals surface area contributed by atoms with Gasteiger partial charge in [0.25, 0.3) is 0 Å². The summed E-state index contributed by atoms with van der Waals surface area (Å²) in [5.74, 6) is 0.929. The van der Waals surface area contributed by atoms with E-state index in [2.05, 4.69) is 6.58 Å². The van der Waals surface area contributed by atoms with Crippen LogP contribution in [0, 0.1) is 13.8 Å². The number of rotatable bonds is 5. The summed E-state index contributed by atoms with van der Waals surface area (Å²) in [6.45, 7) is 10.6. The molecule has 0 aliphatic heterocycles. The van der Waals surface area contributed by atoms with E-state index in [1.165, 1.54) is 0 Å². The molecule has 1 aromatic rings. The van der Waals surface area contributed by atoms with E-state index in [0.717, 1.165) is 34.4 Å². The number of hydrogen-bond acceptors (Lipinski definition) is 2. The Morgan fingerprint density at radius 2 is 1.88 bits per heavy atom. The first-order valence-corrected chi connectivity index (χ1v) is 5.52. The molecule has 1 rings (SSSR count). The van der Waals surface area contributed by atoms with Crippen molar-refractivity contribution in [1.29, 1.82) is 0 Å². The molecule has 0 radical (unpaired) electrons. The molecule has 0 unspecified atom stereocenters. The molecule has 88 valence electrons. The van der Waals surface area contributed by atoms with Gasteiger partial charge in [-0.2, -0.15) is 0 Å². The number of benzene rings is 1. The molecular weight excluding hydrogens is 200 g/mol. The van der Waals surface area contributed by atoms with Crippen molar-refractivity contribution in [2.75, 3.05) is 6.61 Å². The van der Waals surface area contributed by atoms with Crippen LogP contribution in [0.1, 0.15) is 30.0 Å². The Labute approximate surface area is 97.6 Å². The standard InChI is InChI=1S/C14H20O2/c1-10(2)5-6-16-14-11(3)7-13(9-15)8-12(14)4/h7-8,15H,1,5-6,9H2,2-4H3. The summed E-state index contributed by atoms with van der Waals surface area (Å²) in [6, 6.07) is 3.92. The maximum atomic E-state index is 9.07. The Bertz CT molecular complexity index is 357. The van der Waals surface area contributed by atoms with Gasteiger partial charge in [-0.3, -0.25) is 0 Å². The van der Waals surface area contributed by atoms with Crippen LogP contribution in [-0.4, -0.2) is 11.7 Å². The summed E-state index contributed by atoms with van der Waals surface area (Å²) in [5, 5.41) is 9.07. The number of hydrogen-bond donors (Lipinski definition) is 1. The number of aryl methyl sites for hydroxylation is 2. The van der Waals surface area contributed by atoms with Gasteiger partial charge in [-0.25, -0.2) is 0 Å². The number of aliphatic hydroxyl groups is 1. The zero-order valence-corrected chi connectivity index (χ0v) is 10.3. The molecule has 0 saturated heterocycles. The molecule has 0 heterocycles. The monoisotopic (exact) mass is 220 g/mol. The van der Waals surface area contributed by atoms with Crippen LogP contribution in [0.4, 0.5) is 0 Å². The molecule has 0 fully saturated rings. The summed E-state index contributed by atoms with van der Waals surface area (Å²) >= 11 is 0. The van der Waals surface area contributed by atoms with Gasteiger partial charge >= 0.3 is 0 Å². The van der Waals surface area contributed by atoms with Gasteiger partial charge < -0.3 is 9.84 Å². The fourth-order valence-corrected chi connectivity index (χ4v) is 1.69. The Hall–Kier alpha value is -1.28. The molecule has 0 aromatic heterocycles. The Balaban J connectivity index is 2.76. The minimum absolute atomic E-state index is 0.0771. The lowest BCUT2D eigenvalue weighted by Gasteiger charge is -2.13. The Morgan fingerprint density at radius 3 is 2.31 bits per heavy atom. The maximum Gasteiger partial charge on any atom is 0.125 e. The summed E-state index contributed by atoms with van der Waals surface area (Å²) < 4.78 is 5.74. The van der Waals surface area contributed by atoms with E-state index in [0.29, 0.717) is 6.61 Å². The second kappa shape index (κ2) is 5.71. The van der Waals surface area contributed by atoms with Gasteiger partial charge in [-0.1, -0.05) is 17.7 Å². The van der Waals surface area contributed by atoms with Crippen LogP contribution in [0.5, 0.6) is 5.75 Å². The van der Waals surface area contributed by atoms with Crippen LogP contribution < -0.4 is 4.74 Å². The molecule has 0 aliphatic rings. The van der Waals surface area contributed by atoms with Crippen molar-refractivity contribution in [3.05, 3.63) is 41.0 Å². The predicted octanol–water partition coefficient (Wildman–Crippen LogP) is 3.14. The van der Waals surface area contributed by atoms with Crippen molar-refractivity contribution in [3.8, 4) is 5.75 Å². The van der Waals surface area contributed by atoms with Crippen LogP contribution in [0.3, 0.4) is 0 Å². The van der Waals surface area contributed by atoms with Gasteiger partial charge in [-0.05, 0) is 37.5 Å². The van der Waals surface area contributed by atoms with Crippen molar-refractivity contribution >= 4 is 0 Å². The highest BCUT2D eigenvalue weighted by Gasteiger charge is 2.05. The quantitative estimate of drug-likeness (QED) is 0.772. The number of ether oxygens (including phenoxy) is 1. The molecule has 0 saturated carbocycles. The molecule has 2 heteroatoms. The third kappa shape index (κ3) is 3.38. The molecule has 1 N–H and O–H groups in total. The minimum atomic E-state index is 0.0771. The topological polar surface area (TPSA) is 29.5 Å². The predicted molar refractivity (Wildman–Crippen MR) is 66.8 cm³/mol. The summed E-state index contributed by atoms with van der Waals surface area (Å²) in [5.41, 5.74) is 4.21. The average Bonchev–Trinajstić information content (AvgIpc) is 2.21. The smallest absolute Gasteiger partial charge is 0.125 e. The lowest BCUT2D eigenvalue weighted by Crippen LogP contribution is -2.02. The third-order valence-corrected chi connectivity index (χ3v) is 2.48. The van der Waals surface area contributed by atoms with E-state index in [-0.39, 0.29) is 6.61 Å². The lowest BCUT2D eigenvalue weighted by molar-refractivity contribution is 0.280. The van der Waals surface area contributed by atoms with Crippen molar-refractivity contribution in [1.82, 2.24) is 0 Å². The first kappa shape index (κ1) is 12.8. The van der Waals surface area contributed by atoms with Gasteiger partial charge in [0.05, 0.1) is 13.2 Å². The van der Waals surface area contributed by atoms with Crippen molar-refractivity contribution in [2.45, 2.75) is 33.8 Å². The van der Waals surface area contributed by atoms with E-state index >= 15 is 0 Å². The molecule has 1 aromatic carbocycles. The van der Waals surface area contributed by atoms with Gasteiger partial charge in [0.15, 0.2) is 0 Å². The van der Waals surface area contributed by atoms with Crippen LogP contribution in [0.15, 0.2) is 24.3 Å². The highest BCUT2D eigenvalue weighted by Crippen LogP contribution is 2.25. The van der Waals surface area contributed by atoms with Crippen molar-refractivity contribution in [2.24, 2.45) is 0 Å². The van der Waals surface area contributed by atoms with Gasteiger partial charge in [0, 0.05) is 6.42 Å². The van der Waals surface area contributed by atoms with E-state index in [1.807, 2.05) is 32.9 Å². The summed E-state index contributed by atoms with van der Waals surface area (Å²) in [7, 11) is 0. The Morgan fingerprint density at radius 1 is 1.31 bits per heavy atom. The second-order valence-electron chi connectivity index (χ2n) is 4.27. The van der Waals surface area contributed by atoms with E-state index in [9.17, 15) is 0 Å². The highest BCUT2D eigenvalue weighted by atomic mass is 16.5. The third-order valence-electron chi connectivity index (χ3n) is 2.48. The first-order valence-electron chi connectivity index (χ1n) is 5.52. The van der Waals surface area contributed by atoms with E-state index in [4.69, 9.17) is 9.84 Å². The normalized spacial score (nSPS) is 10.2. The van der Waals surface area contributed by atoms with Crippen LogP contribution in [0.25, 0.3) is 0 Å². The van der Waals surface area contributed by atoms with Crippen LogP contribution in [-0.2, 0) is 6.61 Å². The molecule has 0 amide bonds. The van der Waals surface area contributed by atoms with E-state index in [1.54, 1.807) is 0 Å². The van der Waals surface area contributed by atoms with Crippen molar-refractivity contribution < 1.29 is 9.84 Å². The highest BCUT2D eigenvalue weighted by molar-refractivity contribution is 5.43. The lowest BCUT2D eigenvalue weighted by atomic mass is 10.1. The first-order chi connectivity index (χ1) is 7.54. The van der Waals surface area contributed by atoms with E-state index < -0.39 is 0 Å². The van der Waals surface area contributed by atoms with Gasteiger partial charge in [0.2, 0.25) is 0 Å². The molecular formula is C14H20O2. The summed E-state index contributed by atoms with van der Waals surface area (Å²) in [6.07, 6.45) is 0.876. The fourth-order valence-electron chi connectivity index (χ4n) is 1.69. The molecule has 0 spiro atoms. The van der Waals surface area contributed by atoms with Crippen LogP contribution >= 0.6 is 0 Å². The zero-order valence-electron chi connectivity index (χ0n) is 10.3. The zero-order chi connectivity index (χ0) is 12.1. The molecule has 0 aliphatic carbocycles. The Kier molecular flexibility index (Phi) is 4.56. The molecule has 0 bridgehead atoms. The SMILES string of the molecule is C=C(C)CCOc1c(C)cc(CO)cc1C. The maximum absolute atomic E-state index is 9.07. The molecule has 0 atom stereocenters. The average molecular weight is 220 g/mol. The largest absolute Gasteiger partial charge is 0.493 e.